The fourth-order valence-corrected chi connectivity index (χ4v) is 9.06. The molecule has 204 valence electrons. The van der Waals surface area contributed by atoms with E-state index in [0.29, 0.717) is 30.3 Å². The molecule has 1 unspecified atom stereocenters. The topological polar surface area (TPSA) is 81.2 Å². The van der Waals surface area contributed by atoms with Gasteiger partial charge >= 0.3 is 0 Å². The smallest absolute Gasteiger partial charge is 0.251 e. The van der Waals surface area contributed by atoms with Gasteiger partial charge in [0.2, 0.25) is 11.8 Å². The maximum absolute atomic E-state index is 14.6. The number of rotatable bonds is 6. The highest BCUT2D eigenvalue weighted by Gasteiger charge is 2.72. The Morgan fingerprint density at radius 1 is 1.13 bits per heavy atom. The highest BCUT2D eigenvalue weighted by Crippen LogP contribution is 2.61. The molecule has 38 heavy (non-hydrogen) atoms. The van der Waals surface area contributed by atoms with E-state index in [2.05, 4.69) is 6.08 Å². The van der Waals surface area contributed by atoms with E-state index in [-0.39, 0.29) is 35.5 Å². The first-order valence-corrected chi connectivity index (χ1v) is 14.7. The summed E-state index contributed by atoms with van der Waals surface area (Å²) in [6, 6.07) is 4.11. The van der Waals surface area contributed by atoms with Gasteiger partial charge in [0.25, 0.3) is 5.91 Å². The van der Waals surface area contributed by atoms with Crippen molar-refractivity contribution < 1.29 is 19.5 Å². The van der Waals surface area contributed by atoms with Crippen LogP contribution in [0.2, 0.25) is 5.02 Å². The Kier molecular flexibility index (Phi) is 7.44. The summed E-state index contributed by atoms with van der Waals surface area (Å²) in [6.07, 6.45) is 8.85. The van der Waals surface area contributed by atoms with Gasteiger partial charge in [-0.25, -0.2) is 0 Å². The number of hydrogen-bond acceptors (Lipinski definition) is 5. The summed E-state index contributed by atoms with van der Waals surface area (Å²) in [5, 5.41) is 10.7. The van der Waals surface area contributed by atoms with E-state index in [0.717, 1.165) is 12.0 Å². The second-order valence-corrected chi connectivity index (χ2v) is 12.9. The van der Waals surface area contributed by atoms with Crippen molar-refractivity contribution in [3.63, 3.8) is 0 Å². The number of amides is 3. The largest absolute Gasteiger partial charge is 0.394 e. The molecule has 0 bridgehead atoms. The lowest BCUT2D eigenvalue weighted by atomic mass is 9.78. The van der Waals surface area contributed by atoms with Crippen molar-refractivity contribution >= 4 is 46.8 Å². The van der Waals surface area contributed by atoms with Gasteiger partial charge in [-0.15, -0.1) is 11.8 Å². The lowest BCUT2D eigenvalue weighted by Crippen LogP contribution is -2.57. The molecule has 0 aliphatic carbocycles. The number of carbonyl (C=O) groups excluding carboxylic acids is 3. The number of likely N-dealkylation sites (tertiary alicyclic amines) is 1. The van der Waals surface area contributed by atoms with Gasteiger partial charge in [-0.05, 0) is 30.9 Å². The van der Waals surface area contributed by atoms with Crippen LogP contribution in [0.4, 0.5) is 5.69 Å². The van der Waals surface area contributed by atoms with Gasteiger partial charge < -0.3 is 19.8 Å². The van der Waals surface area contributed by atoms with Crippen LogP contribution in [0.3, 0.4) is 0 Å². The number of thioether (sulfide) groups is 1. The Balaban J connectivity index is 1.67. The van der Waals surface area contributed by atoms with Gasteiger partial charge in [0.1, 0.15) is 6.04 Å². The monoisotopic (exact) mass is 557 g/mol. The average molecular weight is 558 g/mol. The number of aliphatic hydroxyl groups is 1. The van der Waals surface area contributed by atoms with Crippen LogP contribution in [0.5, 0.6) is 0 Å². The molecule has 2 saturated heterocycles. The minimum absolute atomic E-state index is 0.0285. The molecule has 1 aromatic rings. The summed E-state index contributed by atoms with van der Waals surface area (Å²) < 4.78 is -0.926. The zero-order valence-electron chi connectivity index (χ0n) is 22.3. The summed E-state index contributed by atoms with van der Waals surface area (Å²) in [4.78, 5) is 48.1. The second kappa shape index (κ2) is 10.4. The Morgan fingerprint density at radius 3 is 2.55 bits per heavy atom. The van der Waals surface area contributed by atoms with Crippen LogP contribution in [0.25, 0.3) is 0 Å². The number of benzene rings is 1. The average Bonchev–Trinajstić information content (AvgIpc) is 3.19. The molecular weight excluding hydrogens is 522 g/mol. The van der Waals surface area contributed by atoms with Crippen LogP contribution in [0, 0.1) is 24.7 Å². The van der Waals surface area contributed by atoms with Crippen LogP contribution < -0.4 is 4.90 Å². The zero-order valence-corrected chi connectivity index (χ0v) is 23.9. The van der Waals surface area contributed by atoms with Gasteiger partial charge in [0.15, 0.2) is 0 Å². The van der Waals surface area contributed by atoms with Crippen LogP contribution in [0.15, 0.2) is 42.5 Å². The maximum atomic E-state index is 14.6. The number of hydrogen-bond donors (Lipinski definition) is 1. The van der Waals surface area contributed by atoms with Crippen molar-refractivity contribution in [2.75, 3.05) is 31.1 Å². The molecule has 3 amide bonds. The summed E-state index contributed by atoms with van der Waals surface area (Å²) in [5.74, 6) is -1.83. The fourth-order valence-electron chi connectivity index (χ4n) is 6.74. The lowest BCUT2D eigenvalue weighted by Gasteiger charge is -2.40. The van der Waals surface area contributed by atoms with Crippen LogP contribution in [0.1, 0.15) is 32.8 Å². The fraction of sp³-hybridized carbons (Fsp3) is 0.552. The number of aryl methyl sites for hydroxylation is 1. The van der Waals surface area contributed by atoms with E-state index in [1.165, 1.54) is 0 Å². The molecule has 1 spiro atoms. The highest BCUT2D eigenvalue weighted by atomic mass is 35.5. The lowest BCUT2D eigenvalue weighted by molar-refractivity contribution is -0.145. The quantitative estimate of drug-likeness (QED) is 0.540. The van der Waals surface area contributed by atoms with E-state index >= 15 is 0 Å². The highest BCUT2D eigenvalue weighted by molar-refractivity contribution is 8.02. The summed E-state index contributed by atoms with van der Waals surface area (Å²) >= 11 is 8.18. The molecule has 1 aromatic carbocycles. The molecule has 4 aliphatic heterocycles. The normalized spacial score (nSPS) is 31.4. The van der Waals surface area contributed by atoms with Crippen molar-refractivity contribution in [2.45, 2.75) is 56.2 Å². The molecule has 5 rings (SSSR count). The van der Waals surface area contributed by atoms with Crippen molar-refractivity contribution in [2.24, 2.45) is 17.8 Å². The first kappa shape index (κ1) is 27.3. The van der Waals surface area contributed by atoms with E-state index in [9.17, 15) is 19.5 Å². The molecule has 0 saturated carbocycles. The third-order valence-corrected chi connectivity index (χ3v) is 10.5. The van der Waals surface area contributed by atoms with E-state index < -0.39 is 28.7 Å². The molecule has 6 atom stereocenters. The summed E-state index contributed by atoms with van der Waals surface area (Å²) in [5.41, 5.74) is 1.49. The van der Waals surface area contributed by atoms with Crippen molar-refractivity contribution in [1.29, 1.82) is 0 Å². The predicted octanol–water partition coefficient (Wildman–Crippen LogP) is 3.67. The minimum Gasteiger partial charge on any atom is -0.394 e. The number of halogens is 1. The molecule has 9 heteroatoms. The van der Waals surface area contributed by atoms with E-state index in [4.69, 9.17) is 11.6 Å². The maximum Gasteiger partial charge on any atom is 0.251 e. The molecule has 4 aliphatic rings. The van der Waals surface area contributed by atoms with Crippen LogP contribution in [-0.2, 0) is 14.4 Å². The molecule has 0 radical (unpaired) electrons. The van der Waals surface area contributed by atoms with E-state index in [1.807, 2.05) is 63.0 Å². The minimum atomic E-state index is -0.926. The SMILES string of the molecule is CCCN1CC=C[C@@H]2S[C@]34C=CCN(c5c(C)cccc5Cl)C(=O)C3N([C@@H](CO)C(C)C)C(=O)[C@@H]4[C@@H]2C1=O. The standard InChI is InChI=1S/C29H36ClN3O4S/c1-5-13-31-14-7-11-21-22(26(31)35)23-27(36)33(20(16-34)17(2)3)25-28(37)32(15-8-12-29(23,25)38-21)24-18(4)9-6-10-19(24)30/h6-12,17,20-23,25,34H,5,13-16H2,1-4H3/t20-,21-,22+,23-,25?,29-/m0/s1. The number of aliphatic hydroxyl groups excluding tert-OH is 1. The van der Waals surface area contributed by atoms with E-state index in [1.54, 1.807) is 27.6 Å². The Labute approximate surface area is 233 Å². The molecule has 0 aromatic heterocycles. The molecular formula is C29H36ClN3O4S. The Morgan fingerprint density at radius 2 is 1.89 bits per heavy atom. The molecule has 7 nitrogen and oxygen atoms in total. The number of nitrogens with zero attached hydrogens (tertiary/aromatic N) is 3. The van der Waals surface area contributed by atoms with Gasteiger partial charge in [-0.3, -0.25) is 14.4 Å². The van der Waals surface area contributed by atoms with Gasteiger partial charge in [0, 0.05) is 24.9 Å². The Bertz CT molecular complexity index is 1180. The number of fused-ring (bicyclic) bond motifs is 2. The van der Waals surface area contributed by atoms with Crippen molar-refractivity contribution in [1.82, 2.24) is 9.80 Å². The second-order valence-electron chi connectivity index (χ2n) is 11.1. The van der Waals surface area contributed by atoms with Crippen LogP contribution in [-0.4, -0.2) is 80.9 Å². The van der Waals surface area contributed by atoms with Crippen molar-refractivity contribution in [3.05, 3.63) is 53.1 Å². The van der Waals surface area contributed by atoms with Gasteiger partial charge in [-0.2, -0.15) is 0 Å². The van der Waals surface area contributed by atoms with Gasteiger partial charge in [-0.1, -0.05) is 68.8 Å². The third-order valence-electron chi connectivity index (χ3n) is 8.45. The molecule has 2 fully saturated rings. The third kappa shape index (κ3) is 4.02. The number of anilines is 1. The zero-order chi connectivity index (χ0) is 27.4. The Hall–Kier alpha value is -2.29. The number of para-hydroxylation sites is 1. The molecule has 4 heterocycles. The first-order chi connectivity index (χ1) is 18.2. The summed E-state index contributed by atoms with van der Waals surface area (Å²) in [6.45, 7) is 9.04. The van der Waals surface area contributed by atoms with Gasteiger partial charge in [0.05, 0.1) is 39.9 Å². The van der Waals surface area contributed by atoms with Crippen molar-refractivity contribution in [3.8, 4) is 0 Å². The predicted molar refractivity (Wildman–Crippen MR) is 151 cm³/mol. The first-order valence-electron chi connectivity index (χ1n) is 13.5. The van der Waals surface area contributed by atoms with Crippen LogP contribution >= 0.6 is 23.4 Å². The number of carbonyl (C=O) groups is 3. The molecule has 1 N–H and O–H groups in total. The summed E-state index contributed by atoms with van der Waals surface area (Å²) in [7, 11) is 0.